The lowest BCUT2D eigenvalue weighted by molar-refractivity contribution is -0.137. The van der Waals surface area contributed by atoms with Gasteiger partial charge in [0.25, 0.3) is 0 Å². The second-order valence-corrected chi connectivity index (χ2v) is 9.90. The van der Waals surface area contributed by atoms with Gasteiger partial charge in [0, 0.05) is 44.6 Å². The van der Waals surface area contributed by atoms with Crippen molar-refractivity contribution in [1.82, 2.24) is 15.5 Å². The van der Waals surface area contributed by atoms with Gasteiger partial charge < -0.3 is 15.5 Å². The number of rotatable bonds is 8. The minimum atomic E-state index is -0.121. The van der Waals surface area contributed by atoms with E-state index in [0.29, 0.717) is 18.5 Å². The highest BCUT2D eigenvalue weighted by Gasteiger charge is 2.34. The first kappa shape index (κ1) is 23.8. The van der Waals surface area contributed by atoms with Gasteiger partial charge in [0.1, 0.15) is 0 Å². The summed E-state index contributed by atoms with van der Waals surface area (Å²) in [5.41, 5.74) is 1.18. The maximum atomic E-state index is 12.9. The molecule has 0 unspecified atom stereocenters. The minimum Gasteiger partial charge on any atom is -0.375 e. The first-order valence-electron chi connectivity index (χ1n) is 11.0. The van der Waals surface area contributed by atoms with E-state index < -0.39 is 0 Å². The van der Waals surface area contributed by atoms with E-state index in [0.717, 1.165) is 30.9 Å². The predicted molar refractivity (Wildman–Crippen MR) is 126 cm³/mol. The molecule has 2 N–H and O–H groups in total. The third kappa shape index (κ3) is 7.38. The molecule has 1 aliphatic carbocycles. The first-order chi connectivity index (χ1) is 13.7. The molecule has 1 aromatic rings. The van der Waals surface area contributed by atoms with Crippen LogP contribution in [0.25, 0.3) is 0 Å². The second-order valence-electron chi connectivity index (χ2n) is 9.41. The number of amides is 1. The molecule has 2 rings (SSSR count). The Kier molecular flexibility index (Phi) is 9.09. The summed E-state index contributed by atoms with van der Waals surface area (Å²) in [5, 5.41) is 7.35. The van der Waals surface area contributed by atoms with Crippen molar-refractivity contribution < 1.29 is 4.79 Å². The zero-order valence-electron chi connectivity index (χ0n) is 18.8. The summed E-state index contributed by atoms with van der Waals surface area (Å²) in [6, 6.07) is 11.3. The molecule has 0 saturated heterocycles. The van der Waals surface area contributed by atoms with Crippen LogP contribution in [0.4, 0.5) is 0 Å². The number of hydrogen-bond acceptors (Lipinski definition) is 3. The van der Waals surface area contributed by atoms with Gasteiger partial charge in [-0.25, -0.2) is 0 Å². The summed E-state index contributed by atoms with van der Waals surface area (Å²) in [6.07, 6.45) is 5.37. The zero-order valence-corrected chi connectivity index (χ0v) is 19.6. The number of nitrogens with one attached hydrogen (secondary N) is 2. The van der Waals surface area contributed by atoms with Crippen LogP contribution in [0.15, 0.2) is 30.3 Å². The van der Waals surface area contributed by atoms with Gasteiger partial charge in [0.05, 0.1) is 4.99 Å². The van der Waals surface area contributed by atoms with Crippen LogP contribution in [-0.2, 0) is 11.3 Å². The molecule has 0 aromatic heterocycles. The summed E-state index contributed by atoms with van der Waals surface area (Å²) >= 11 is 5.74. The number of benzene rings is 1. The fourth-order valence-electron chi connectivity index (χ4n) is 4.03. The third-order valence-electron chi connectivity index (χ3n) is 6.11. The van der Waals surface area contributed by atoms with Gasteiger partial charge in [-0.15, -0.1) is 0 Å². The molecule has 4 nitrogen and oxygen atoms in total. The summed E-state index contributed by atoms with van der Waals surface area (Å²) < 4.78 is 0. The van der Waals surface area contributed by atoms with Crippen molar-refractivity contribution in [2.24, 2.45) is 11.3 Å². The quantitative estimate of drug-likeness (QED) is 0.610. The van der Waals surface area contributed by atoms with Gasteiger partial charge in [-0.1, -0.05) is 76.2 Å². The van der Waals surface area contributed by atoms with Crippen LogP contribution in [0, 0.1) is 11.3 Å². The van der Waals surface area contributed by atoms with Crippen molar-refractivity contribution in [2.45, 2.75) is 78.4 Å². The van der Waals surface area contributed by atoms with E-state index in [4.69, 9.17) is 12.2 Å². The molecule has 162 valence electrons. The second kappa shape index (κ2) is 11.1. The maximum Gasteiger partial charge on any atom is 0.226 e. The molecule has 5 heteroatoms. The van der Waals surface area contributed by atoms with Gasteiger partial charge >= 0.3 is 0 Å². The molecule has 1 saturated carbocycles. The standard InChI is InChI=1S/C24H39N3OS/c1-6-27(5)23(28)19(24(2,3)4)16-22(29)26-21-15-11-10-14-20(21)25-17-18-12-8-7-9-13-18/h7-9,12-13,19-21,25H,6,10-11,14-17H2,1-5H3,(H,26,29)/t19-,20-,21-/m1/s1. The number of hydrogen-bond donors (Lipinski definition) is 2. The monoisotopic (exact) mass is 417 g/mol. The molecule has 1 aliphatic rings. The fourth-order valence-corrected chi connectivity index (χ4v) is 4.35. The average molecular weight is 418 g/mol. The SMILES string of the molecule is CCN(C)C(=O)[C@@H](CC(=S)N[C@@H]1CCCC[C@H]1NCc1ccccc1)C(C)(C)C. The predicted octanol–water partition coefficient (Wildman–Crippen LogP) is 4.54. The van der Waals surface area contributed by atoms with Crippen LogP contribution in [0.1, 0.15) is 65.4 Å². The Bertz CT molecular complexity index is 656. The largest absolute Gasteiger partial charge is 0.375 e. The lowest BCUT2D eigenvalue weighted by Crippen LogP contribution is -2.52. The highest BCUT2D eigenvalue weighted by Crippen LogP contribution is 2.31. The van der Waals surface area contributed by atoms with Crippen molar-refractivity contribution in [1.29, 1.82) is 0 Å². The van der Waals surface area contributed by atoms with E-state index in [2.05, 4.69) is 61.7 Å². The van der Waals surface area contributed by atoms with E-state index in [1.165, 1.54) is 18.4 Å². The molecule has 1 amide bonds. The summed E-state index contributed by atoms with van der Waals surface area (Å²) in [7, 11) is 1.88. The lowest BCUT2D eigenvalue weighted by Gasteiger charge is -2.36. The van der Waals surface area contributed by atoms with Crippen LogP contribution in [-0.4, -0.2) is 41.5 Å². The molecule has 29 heavy (non-hydrogen) atoms. The van der Waals surface area contributed by atoms with Crippen molar-refractivity contribution in [2.75, 3.05) is 13.6 Å². The van der Waals surface area contributed by atoms with E-state index in [1.807, 2.05) is 18.9 Å². The number of carbonyl (C=O) groups excluding carboxylic acids is 1. The van der Waals surface area contributed by atoms with Crippen LogP contribution in [0.2, 0.25) is 0 Å². The Labute approximate surface area is 182 Å². The molecular formula is C24H39N3OS. The van der Waals surface area contributed by atoms with Crippen molar-refractivity contribution >= 4 is 23.1 Å². The molecular weight excluding hydrogens is 378 g/mol. The van der Waals surface area contributed by atoms with E-state index in [-0.39, 0.29) is 17.2 Å². The molecule has 1 fully saturated rings. The molecule has 0 radical (unpaired) electrons. The summed E-state index contributed by atoms with van der Waals surface area (Å²) in [4.78, 5) is 15.5. The molecule has 3 atom stereocenters. The summed E-state index contributed by atoms with van der Waals surface area (Å²) in [6.45, 7) is 10.0. The highest BCUT2D eigenvalue weighted by atomic mass is 32.1. The highest BCUT2D eigenvalue weighted by molar-refractivity contribution is 7.80. The van der Waals surface area contributed by atoms with Crippen LogP contribution >= 0.6 is 12.2 Å². The van der Waals surface area contributed by atoms with Gasteiger partial charge in [0.15, 0.2) is 0 Å². The van der Waals surface area contributed by atoms with Crippen molar-refractivity contribution in [3.05, 3.63) is 35.9 Å². The van der Waals surface area contributed by atoms with E-state index in [9.17, 15) is 4.79 Å². The van der Waals surface area contributed by atoms with Crippen LogP contribution < -0.4 is 10.6 Å². The number of nitrogens with zero attached hydrogens (tertiary/aromatic N) is 1. The fraction of sp³-hybridized carbons (Fsp3) is 0.667. The Morgan fingerprint density at radius 2 is 1.79 bits per heavy atom. The van der Waals surface area contributed by atoms with Gasteiger partial charge in [-0.3, -0.25) is 4.79 Å². The van der Waals surface area contributed by atoms with Gasteiger partial charge in [0.2, 0.25) is 5.91 Å². The Hall–Kier alpha value is -1.46. The third-order valence-corrected chi connectivity index (χ3v) is 6.39. The molecule has 0 heterocycles. The van der Waals surface area contributed by atoms with Gasteiger partial charge in [-0.05, 0) is 30.7 Å². The molecule has 0 bridgehead atoms. The van der Waals surface area contributed by atoms with E-state index >= 15 is 0 Å². The van der Waals surface area contributed by atoms with Crippen molar-refractivity contribution in [3.63, 3.8) is 0 Å². The topological polar surface area (TPSA) is 44.4 Å². The molecule has 0 aliphatic heterocycles. The number of carbonyl (C=O) groups is 1. The minimum absolute atomic E-state index is 0.105. The van der Waals surface area contributed by atoms with Crippen LogP contribution in [0.3, 0.4) is 0 Å². The first-order valence-corrected chi connectivity index (χ1v) is 11.4. The molecule has 0 spiro atoms. The normalized spacial score (nSPS) is 20.7. The Morgan fingerprint density at radius 3 is 2.38 bits per heavy atom. The Balaban J connectivity index is 1.97. The molecule has 1 aromatic carbocycles. The van der Waals surface area contributed by atoms with Gasteiger partial charge in [-0.2, -0.15) is 0 Å². The summed E-state index contributed by atoms with van der Waals surface area (Å²) in [5.74, 6) is 0.0818. The lowest BCUT2D eigenvalue weighted by atomic mass is 9.77. The maximum absolute atomic E-state index is 12.9. The van der Waals surface area contributed by atoms with E-state index in [1.54, 1.807) is 0 Å². The average Bonchev–Trinajstić information content (AvgIpc) is 2.70. The Morgan fingerprint density at radius 1 is 1.17 bits per heavy atom. The van der Waals surface area contributed by atoms with Crippen LogP contribution in [0.5, 0.6) is 0 Å². The zero-order chi connectivity index (χ0) is 21.4. The number of thiocarbonyl (C=S) groups is 1. The van der Waals surface area contributed by atoms with Crippen molar-refractivity contribution in [3.8, 4) is 0 Å². The smallest absolute Gasteiger partial charge is 0.226 e.